The van der Waals surface area contributed by atoms with E-state index in [1.165, 1.54) is 12.1 Å². The number of rotatable bonds is 6. The van der Waals surface area contributed by atoms with Crippen molar-refractivity contribution in [2.45, 2.75) is 25.3 Å². The van der Waals surface area contributed by atoms with Crippen LogP contribution in [-0.2, 0) is 0 Å². The first-order valence-corrected chi connectivity index (χ1v) is 6.42. The second kappa shape index (κ2) is 6.50. The molecular formula is C12H14BrN3O3. The zero-order valence-electron chi connectivity index (χ0n) is 10.4. The maximum absolute atomic E-state index is 10.9. The molecule has 0 saturated carbocycles. The summed E-state index contributed by atoms with van der Waals surface area (Å²) in [5.74, 6) is 0.212. The van der Waals surface area contributed by atoms with E-state index in [1.54, 1.807) is 13.0 Å². The average molecular weight is 328 g/mol. The van der Waals surface area contributed by atoms with Crippen molar-refractivity contribution in [2.24, 2.45) is 5.73 Å². The summed E-state index contributed by atoms with van der Waals surface area (Å²) in [6.07, 6.45) is 1.02. The summed E-state index contributed by atoms with van der Waals surface area (Å²) < 4.78 is 5.98. The lowest BCUT2D eigenvalue weighted by molar-refractivity contribution is -0.385. The zero-order chi connectivity index (χ0) is 14.5. The molecule has 0 amide bonds. The van der Waals surface area contributed by atoms with Gasteiger partial charge in [-0.05, 0) is 31.9 Å². The van der Waals surface area contributed by atoms with Gasteiger partial charge in [-0.15, -0.1) is 0 Å². The van der Waals surface area contributed by atoms with Gasteiger partial charge in [0.15, 0.2) is 5.75 Å². The van der Waals surface area contributed by atoms with Crippen molar-refractivity contribution < 1.29 is 9.66 Å². The molecular weight excluding hydrogens is 314 g/mol. The number of nitro benzene ring substituents is 1. The van der Waals surface area contributed by atoms with Gasteiger partial charge in [-0.1, -0.05) is 15.9 Å². The molecule has 0 aromatic heterocycles. The van der Waals surface area contributed by atoms with Crippen molar-refractivity contribution in [3.05, 3.63) is 32.8 Å². The molecule has 1 aromatic carbocycles. The first-order valence-electron chi connectivity index (χ1n) is 5.62. The van der Waals surface area contributed by atoms with Crippen LogP contribution in [0.1, 0.15) is 19.8 Å². The lowest BCUT2D eigenvalue weighted by Crippen LogP contribution is -2.34. The third-order valence-electron chi connectivity index (χ3n) is 2.47. The highest BCUT2D eigenvalue weighted by Crippen LogP contribution is 2.30. The lowest BCUT2D eigenvalue weighted by atomic mass is 10.00. The molecule has 0 spiro atoms. The Morgan fingerprint density at radius 1 is 1.63 bits per heavy atom. The number of halogens is 1. The van der Waals surface area contributed by atoms with Gasteiger partial charge in [-0.25, -0.2) is 0 Å². The summed E-state index contributed by atoms with van der Waals surface area (Å²) in [6.45, 7) is 1.91. The number of nitrogens with two attached hydrogens (primary N) is 1. The van der Waals surface area contributed by atoms with Gasteiger partial charge in [-0.2, -0.15) is 5.26 Å². The fourth-order valence-corrected chi connectivity index (χ4v) is 1.78. The van der Waals surface area contributed by atoms with Gasteiger partial charge in [0.05, 0.1) is 17.6 Å². The Labute approximate surface area is 119 Å². The predicted octanol–water partition coefficient (Wildman–Crippen LogP) is 2.76. The van der Waals surface area contributed by atoms with E-state index in [4.69, 9.17) is 15.7 Å². The summed E-state index contributed by atoms with van der Waals surface area (Å²) >= 11 is 3.17. The molecule has 0 aliphatic carbocycles. The highest BCUT2D eigenvalue weighted by atomic mass is 79.9. The molecule has 0 heterocycles. The summed E-state index contributed by atoms with van der Waals surface area (Å²) in [5, 5.41) is 19.6. The summed E-state index contributed by atoms with van der Waals surface area (Å²) in [6, 6.07) is 6.58. The third-order valence-corrected chi connectivity index (χ3v) is 2.96. The van der Waals surface area contributed by atoms with Crippen LogP contribution in [0.3, 0.4) is 0 Å². The fourth-order valence-electron chi connectivity index (χ4n) is 1.43. The molecule has 1 aromatic rings. The van der Waals surface area contributed by atoms with E-state index in [9.17, 15) is 10.1 Å². The number of nitriles is 1. The highest BCUT2D eigenvalue weighted by molar-refractivity contribution is 9.10. The molecule has 2 N–H and O–H groups in total. The Kier molecular flexibility index (Phi) is 5.27. The highest BCUT2D eigenvalue weighted by Gasteiger charge is 2.18. The first kappa shape index (κ1) is 15.4. The van der Waals surface area contributed by atoms with Crippen molar-refractivity contribution in [1.29, 1.82) is 5.26 Å². The Morgan fingerprint density at radius 3 is 2.89 bits per heavy atom. The molecule has 0 radical (unpaired) electrons. The van der Waals surface area contributed by atoms with Crippen molar-refractivity contribution >= 4 is 21.6 Å². The molecule has 0 saturated heterocycles. The van der Waals surface area contributed by atoms with E-state index in [2.05, 4.69) is 15.9 Å². The maximum atomic E-state index is 10.9. The SMILES string of the molecule is CC(N)(C#N)CCCOc1ccc(Br)cc1[N+](=O)[O-]. The number of hydrogen-bond donors (Lipinski definition) is 1. The summed E-state index contributed by atoms with van der Waals surface area (Å²) in [5.41, 5.74) is 4.68. The minimum absolute atomic E-state index is 0.0924. The van der Waals surface area contributed by atoms with Crippen LogP contribution in [0.25, 0.3) is 0 Å². The van der Waals surface area contributed by atoms with E-state index in [-0.39, 0.29) is 18.0 Å². The van der Waals surface area contributed by atoms with Crippen LogP contribution in [0.4, 0.5) is 5.69 Å². The maximum Gasteiger partial charge on any atom is 0.312 e. The molecule has 1 atom stereocenters. The van der Waals surface area contributed by atoms with Crippen molar-refractivity contribution in [1.82, 2.24) is 0 Å². The minimum Gasteiger partial charge on any atom is -0.487 e. The number of nitrogens with zero attached hydrogens (tertiary/aromatic N) is 2. The molecule has 1 rings (SSSR count). The van der Waals surface area contributed by atoms with E-state index in [0.29, 0.717) is 17.3 Å². The fraction of sp³-hybridized carbons (Fsp3) is 0.417. The molecule has 0 fully saturated rings. The van der Waals surface area contributed by atoms with Gasteiger partial charge in [0, 0.05) is 10.5 Å². The van der Waals surface area contributed by atoms with E-state index < -0.39 is 10.5 Å². The quantitative estimate of drug-likeness (QED) is 0.491. The van der Waals surface area contributed by atoms with Crippen molar-refractivity contribution in [3.63, 3.8) is 0 Å². The molecule has 0 aliphatic rings. The molecule has 7 heteroatoms. The molecule has 19 heavy (non-hydrogen) atoms. The minimum atomic E-state index is -0.894. The lowest BCUT2D eigenvalue weighted by Gasteiger charge is -2.14. The van der Waals surface area contributed by atoms with Gasteiger partial charge < -0.3 is 10.5 Å². The van der Waals surface area contributed by atoms with Crippen molar-refractivity contribution in [2.75, 3.05) is 6.61 Å². The molecule has 0 aliphatic heterocycles. The standard InChI is InChI=1S/C12H14BrN3O3/c1-12(15,8-14)5-2-6-19-11-4-3-9(13)7-10(11)16(17)18/h3-4,7H,2,5-6,15H2,1H3. The Bertz CT molecular complexity index is 511. The van der Waals surface area contributed by atoms with Crippen LogP contribution in [0.5, 0.6) is 5.75 Å². The summed E-state index contributed by atoms with van der Waals surface area (Å²) in [4.78, 5) is 10.4. The zero-order valence-corrected chi connectivity index (χ0v) is 12.0. The van der Waals surface area contributed by atoms with Crippen LogP contribution in [0.15, 0.2) is 22.7 Å². The summed E-state index contributed by atoms with van der Waals surface area (Å²) in [7, 11) is 0. The van der Waals surface area contributed by atoms with Gasteiger partial charge in [0.1, 0.15) is 5.54 Å². The average Bonchev–Trinajstić information content (AvgIpc) is 2.36. The van der Waals surface area contributed by atoms with Gasteiger partial charge in [-0.3, -0.25) is 10.1 Å². The Balaban J connectivity index is 2.59. The number of hydrogen-bond acceptors (Lipinski definition) is 5. The van der Waals surface area contributed by atoms with Crippen LogP contribution in [-0.4, -0.2) is 17.1 Å². The number of benzene rings is 1. The van der Waals surface area contributed by atoms with Gasteiger partial charge in [0.2, 0.25) is 0 Å². The number of nitro groups is 1. The second-order valence-electron chi connectivity index (χ2n) is 4.35. The molecule has 0 bridgehead atoms. The van der Waals surface area contributed by atoms with Crippen LogP contribution >= 0.6 is 15.9 Å². The third kappa shape index (κ3) is 4.85. The first-order chi connectivity index (χ1) is 8.85. The smallest absolute Gasteiger partial charge is 0.312 e. The normalized spacial score (nSPS) is 13.4. The van der Waals surface area contributed by atoms with Gasteiger partial charge >= 0.3 is 5.69 Å². The van der Waals surface area contributed by atoms with Gasteiger partial charge in [0.25, 0.3) is 0 Å². The van der Waals surface area contributed by atoms with E-state index in [0.717, 1.165) is 0 Å². The monoisotopic (exact) mass is 327 g/mol. The van der Waals surface area contributed by atoms with Crippen LogP contribution in [0.2, 0.25) is 0 Å². The predicted molar refractivity (Wildman–Crippen MR) is 73.7 cm³/mol. The Hall–Kier alpha value is -1.65. The van der Waals surface area contributed by atoms with E-state index >= 15 is 0 Å². The van der Waals surface area contributed by atoms with E-state index in [1.807, 2.05) is 6.07 Å². The molecule has 1 unspecified atom stereocenters. The largest absolute Gasteiger partial charge is 0.487 e. The number of ether oxygens (including phenoxy) is 1. The molecule has 6 nitrogen and oxygen atoms in total. The molecule has 102 valence electrons. The van der Waals surface area contributed by atoms with Crippen LogP contribution in [0, 0.1) is 21.4 Å². The van der Waals surface area contributed by atoms with Crippen molar-refractivity contribution in [3.8, 4) is 11.8 Å². The second-order valence-corrected chi connectivity index (χ2v) is 5.27. The van der Waals surface area contributed by atoms with Crippen LogP contribution < -0.4 is 10.5 Å². The Morgan fingerprint density at radius 2 is 2.32 bits per heavy atom. The topological polar surface area (TPSA) is 102 Å².